The average molecular weight is 222 g/mol. The molecule has 0 spiro atoms. The summed E-state index contributed by atoms with van der Waals surface area (Å²) < 4.78 is 5.47. The van der Waals surface area contributed by atoms with E-state index in [9.17, 15) is 0 Å². The number of anilines is 1. The van der Waals surface area contributed by atoms with E-state index in [1.807, 2.05) is 18.2 Å². The topological polar surface area (TPSA) is 45.6 Å². The summed E-state index contributed by atoms with van der Waals surface area (Å²) in [6, 6.07) is 5.74. The standard InChI is InChI=1S/C12H18N2O2/c1-12(2)9-16-7-6-14(12)11-5-3-4-10(8-15)13-11/h3-5,15H,6-9H2,1-2H3. The molecular formula is C12H18N2O2. The Morgan fingerprint density at radius 3 is 3.00 bits per heavy atom. The molecule has 0 aliphatic carbocycles. The second-order valence-corrected chi connectivity index (χ2v) is 4.66. The average Bonchev–Trinajstić information content (AvgIpc) is 2.28. The number of hydrogen-bond acceptors (Lipinski definition) is 4. The Labute approximate surface area is 95.9 Å². The van der Waals surface area contributed by atoms with E-state index >= 15 is 0 Å². The van der Waals surface area contributed by atoms with Gasteiger partial charge >= 0.3 is 0 Å². The largest absolute Gasteiger partial charge is 0.390 e. The van der Waals surface area contributed by atoms with Gasteiger partial charge in [0.25, 0.3) is 0 Å². The maximum absolute atomic E-state index is 9.08. The first-order chi connectivity index (χ1) is 7.63. The van der Waals surface area contributed by atoms with Gasteiger partial charge in [0.2, 0.25) is 0 Å². The van der Waals surface area contributed by atoms with Crippen molar-refractivity contribution in [3.8, 4) is 0 Å². The minimum absolute atomic E-state index is 0.0153. The van der Waals surface area contributed by atoms with Crippen LogP contribution in [0, 0.1) is 0 Å². The number of morpholine rings is 1. The maximum atomic E-state index is 9.08. The zero-order valence-electron chi connectivity index (χ0n) is 9.81. The summed E-state index contributed by atoms with van der Waals surface area (Å²) in [7, 11) is 0. The summed E-state index contributed by atoms with van der Waals surface area (Å²) in [5.41, 5.74) is 0.666. The van der Waals surface area contributed by atoms with Crippen LogP contribution in [0.4, 0.5) is 5.82 Å². The van der Waals surface area contributed by atoms with Crippen LogP contribution in [0.1, 0.15) is 19.5 Å². The molecule has 0 bridgehead atoms. The number of rotatable bonds is 2. The van der Waals surface area contributed by atoms with Gasteiger partial charge in [-0.3, -0.25) is 0 Å². The zero-order valence-corrected chi connectivity index (χ0v) is 9.81. The van der Waals surface area contributed by atoms with Crippen LogP contribution in [0.3, 0.4) is 0 Å². The molecule has 2 heterocycles. The van der Waals surface area contributed by atoms with Gasteiger partial charge in [-0.05, 0) is 26.0 Å². The molecule has 0 saturated carbocycles. The lowest BCUT2D eigenvalue weighted by Crippen LogP contribution is -2.53. The minimum Gasteiger partial charge on any atom is -0.390 e. The van der Waals surface area contributed by atoms with Gasteiger partial charge in [0, 0.05) is 6.54 Å². The van der Waals surface area contributed by atoms with Crippen LogP contribution < -0.4 is 4.90 Å². The third-order valence-corrected chi connectivity index (χ3v) is 2.88. The summed E-state index contributed by atoms with van der Waals surface area (Å²) >= 11 is 0. The van der Waals surface area contributed by atoms with Crippen molar-refractivity contribution in [1.82, 2.24) is 4.98 Å². The molecule has 16 heavy (non-hydrogen) atoms. The molecule has 4 heteroatoms. The van der Waals surface area contributed by atoms with Crippen molar-refractivity contribution in [2.45, 2.75) is 26.0 Å². The van der Waals surface area contributed by atoms with Gasteiger partial charge in [-0.2, -0.15) is 0 Å². The van der Waals surface area contributed by atoms with Crippen molar-refractivity contribution in [1.29, 1.82) is 0 Å². The molecule has 0 unspecified atom stereocenters. The van der Waals surface area contributed by atoms with Crippen LogP contribution in [-0.4, -0.2) is 35.4 Å². The molecule has 0 radical (unpaired) electrons. The van der Waals surface area contributed by atoms with Crippen molar-refractivity contribution in [2.75, 3.05) is 24.7 Å². The molecule has 0 amide bonds. The molecule has 0 aromatic carbocycles. The predicted molar refractivity (Wildman–Crippen MR) is 62.4 cm³/mol. The highest BCUT2D eigenvalue weighted by Crippen LogP contribution is 2.25. The molecule has 1 aliphatic rings. The lowest BCUT2D eigenvalue weighted by Gasteiger charge is -2.43. The molecule has 4 nitrogen and oxygen atoms in total. The molecule has 1 saturated heterocycles. The third kappa shape index (κ3) is 2.18. The lowest BCUT2D eigenvalue weighted by atomic mass is 10.0. The van der Waals surface area contributed by atoms with Gasteiger partial charge < -0.3 is 14.7 Å². The van der Waals surface area contributed by atoms with Gasteiger partial charge in [-0.25, -0.2) is 4.98 Å². The van der Waals surface area contributed by atoms with Gasteiger partial charge in [-0.1, -0.05) is 6.07 Å². The second-order valence-electron chi connectivity index (χ2n) is 4.66. The maximum Gasteiger partial charge on any atom is 0.129 e. The normalized spacial score (nSPS) is 19.8. The van der Waals surface area contributed by atoms with E-state index in [0.717, 1.165) is 19.0 Å². The van der Waals surface area contributed by atoms with E-state index in [4.69, 9.17) is 9.84 Å². The number of aromatic nitrogens is 1. The van der Waals surface area contributed by atoms with Gasteiger partial charge in [-0.15, -0.1) is 0 Å². The summed E-state index contributed by atoms with van der Waals surface area (Å²) in [6.07, 6.45) is 0. The highest BCUT2D eigenvalue weighted by Gasteiger charge is 2.31. The fourth-order valence-electron chi connectivity index (χ4n) is 1.99. The lowest BCUT2D eigenvalue weighted by molar-refractivity contribution is 0.0638. The monoisotopic (exact) mass is 222 g/mol. The summed E-state index contributed by atoms with van der Waals surface area (Å²) in [5.74, 6) is 0.917. The fraction of sp³-hybridized carbons (Fsp3) is 0.583. The van der Waals surface area contributed by atoms with E-state index in [-0.39, 0.29) is 12.1 Å². The number of ether oxygens (including phenoxy) is 1. The molecule has 1 fully saturated rings. The van der Waals surface area contributed by atoms with Gasteiger partial charge in [0.05, 0.1) is 31.1 Å². The Kier molecular flexibility index (Phi) is 3.12. The van der Waals surface area contributed by atoms with Crippen LogP contribution in [0.5, 0.6) is 0 Å². The number of aliphatic hydroxyl groups excluding tert-OH is 1. The van der Waals surface area contributed by atoms with Crippen LogP contribution in [0.25, 0.3) is 0 Å². The molecule has 2 rings (SSSR count). The van der Waals surface area contributed by atoms with Crippen molar-refractivity contribution < 1.29 is 9.84 Å². The Hall–Kier alpha value is -1.13. The summed E-state index contributed by atoms with van der Waals surface area (Å²) in [4.78, 5) is 6.66. The molecule has 1 aliphatic heterocycles. The van der Waals surface area contributed by atoms with Crippen molar-refractivity contribution in [3.05, 3.63) is 23.9 Å². The first-order valence-corrected chi connectivity index (χ1v) is 5.56. The summed E-state index contributed by atoms with van der Waals surface area (Å²) in [6.45, 7) is 6.54. The van der Waals surface area contributed by atoms with Crippen LogP contribution >= 0.6 is 0 Å². The number of hydrogen-bond donors (Lipinski definition) is 1. The smallest absolute Gasteiger partial charge is 0.129 e. The Bertz CT molecular complexity index is 366. The first-order valence-electron chi connectivity index (χ1n) is 5.56. The van der Waals surface area contributed by atoms with E-state index in [0.29, 0.717) is 12.3 Å². The van der Waals surface area contributed by atoms with Crippen molar-refractivity contribution >= 4 is 5.82 Å². The second kappa shape index (κ2) is 4.39. The van der Waals surface area contributed by atoms with E-state index in [2.05, 4.69) is 23.7 Å². The number of pyridine rings is 1. The van der Waals surface area contributed by atoms with Crippen LogP contribution in [0.2, 0.25) is 0 Å². The quantitative estimate of drug-likeness (QED) is 0.816. The van der Waals surface area contributed by atoms with Crippen LogP contribution in [0.15, 0.2) is 18.2 Å². The Morgan fingerprint density at radius 1 is 1.50 bits per heavy atom. The van der Waals surface area contributed by atoms with Gasteiger partial charge in [0.1, 0.15) is 5.82 Å². The minimum atomic E-state index is -0.0423. The molecule has 1 N–H and O–H groups in total. The first kappa shape index (κ1) is 11.4. The van der Waals surface area contributed by atoms with Crippen molar-refractivity contribution in [2.24, 2.45) is 0 Å². The van der Waals surface area contributed by atoms with E-state index in [1.165, 1.54) is 0 Å². The SMILES string of the molecule is CC1(C)COCCN1c1cccc(CO)n1. The molecule has 1 aromatic rings. The predicted octanol–water partition coefficient (Wildman–Crippen LogP) is 1.19. The fourth-order valence-corrected chi connectivity index (χ4v) is 1.99. The highest BCUT2D eigenvalue weighted by molar-refractivity contribution is 5.43. The molecule has 88 valence electrons. The third-order valence-electron chi connectivity index (χ3n) is 2.88. The molecular weight excluding hydrogens is 204 g/mol. The Balaban J connectivity index is 2.27. The van der Waals surface area contributed by atoms with E-state index in [1.54, 1.807) is 0 Å². The van der Waals surface area contributed by atoms with E-state index < -0.39 is 0 Å². The summed E-state index contributed by atoms with van der Waals surface area (Å²) in [5, 5.41) is 9.08. The van der Waals surface area contributed by atoms with Gasteiger partial charge in [0.15, 0.2) is 0 Å². The van der Waals surface area contributed by atoms with Crippen molar-refractivity contribution in [3.63, 3.8) is 0 Å². The zero-order chi connectivity index (χ0) is 11.6. The molecule has 1 aromatic heterocycles. The number of aliphatic hydroxyl groups is 1. The molecule has 0 atom stereocenters. The highest BCUT2D eigenvalue weighted by atomic mass is 16.5. The Morgan fingerprint density at radius 2 is 2.31 bits per heavy atom. The van der Waals surface area contributed by atoms with Crippen LogP contribution in [-0.2, 0) is 11.3 Å². The number of nitrogens with zero attached hydrogens (tertiary/aromatic N) is 2.